The second kappa shape index (κ2) is 4.48. The summed E-state index contributed by atoms with van der Waals surface area (Å²) in [6, 6.07) is 0.993. The third-order valence-electron chi connectivity index (χ3n) is 3.27. The summed E-state index contributed by atoms with van der Waals surface area (Å²) in [5.41, 5.74) is 1.07. The van der Waals surface area contributed by atoms with Crippen molar-refractivity contribution >= 4 is 5.95 Å². The molecule has 5 heteroatoms. The molecule has 5 nitrogen and oxygen atoms in total. The van der Waals surface area contributed by atoms with Crippen LogP contribution in [0.3, 0.4) is 0 Å². The monoisotopic (exact) mass is 245 g/mol. The summed E-state index contributed by atoms with van der Waals surface area (Å²) in [6.45, 7) is 5.16. The Hall–Kier alpha value is -1.78. The number of imidazole rings is 2. The Bertz CT molecular complexity index is 509. The van der Waals surface area contributed by atoms with Crippen LogP contribution >= 0.6 is 0 Å². The van der Waals surface area contributed by atoms with E-state index in [9.17, 15) is 0 Å². The van der Waals surface area contributed by atoms with Crippen LogP contribution in [0.2, 0.25) is 0 Å². The van der Waals surface area contributed by atoms with E-state index in [-0.39, 0.29) is 0 Å². The van der Waals surface area contributed by atoms with Gasteiger partial charge in [0, 0.05) is 31.2 Å². The molecule has 18 heavy (non-hydrogen) atoms. The molecule has 2 aromatic rings. The van der Waals surface area contributed by atoms with Gasteiger partial charge < -0.3 is 14.5 Å². The Morgan fingerprint density at radius 2 is 2.33 bits per heavy atom. The largest absolute Gasteiger partial charge is 0.353 e. The number of aryl methyl sites for hydroxylation is 1. The zero-order chi connectivity index (χ0) is 12.5. The number of hydrogen-bond acceptors (Lipinski definition) is 3. The van der Waals surface area contributed by atoms with Gasteiger partial charge in [-0.05, 0) is 26.7 Å². The van der Waals surface area contributed by atoms with E-state index in [1.807, 2.05) is 25.6 Å². The summed E-state index contributed by atoms with van der Waals surface area (Å²) in [7, 11) is 0. The molecule has 1 unspecified atom stereocenters. The highest BCUT2D eigenvalue weighted by Crippen LogP contribution is 2.26. The summed E-state index contributed by atoms with van der Waals surface area (Å²) in [5.74, 6) is 1.00. The van der Waals surface area contributed by atoms with Crippen LogP contribution in [0.5, 0.6) is 0 Å². The van der Waals surface area contributed by atoms with Gasteiger partial charge in [-0.1, -0.05) is 0 Å². The summed E-state index contributed by atoms with van der Waals surface area (Å²) >= 11 is 0. The number of hydrogen-bond donors (Lipinski definition) is 1. The molecule has 1 atom stereocenters. The molecule has 1 N–H and O–H groups in total. The van der Waals surface area contributed by atoms with Crippen molar-refractivity contribution in [3.63, 3.8) is 0 Å². The standard InChI is InChI=1S/C13H19N5/c1-10-7-18(13(15-10)16-12-3-4-12)11(2)8-17-6-5-14-9-17/h5-7,9,11-12H,3-4,8H2,1-2H3,(H,15,16). The van der Waals surface area contributed by atoms with Crippen LogP contribution in [0.25, 0.3) is 0 Å². The number of nitrogens with one attached hydrogen (secondary N) is 1. The molecule has 1 saturated carbocycles. The lowest BCUT2D eigenvalue weighted by Gasteiger charge is -2.17. The van der Waals surface area contributed by atoms with Gasteiger partial charge in [-0.25, -0.2) is 9.97 Å². The third-order valence-corrected chi connectivity index (χ3v) is 3.27. The Morgan fingerprint density at radius 3 is 3.00 bits per heavy atom. The third kappa shape index (κ3) is 2.39. The topological polar surface area (TPSA) is 47.7 Å². The number of anilines is 1. The van der Waals surface area contributed by atoms with Crippen LogP contribution in [0.15, 0.2) is 24.9 Å². The highest BCUT2D eigenvalue weighted by atomic mass is 15.2. The van der Waals surface area contributed by atoms with Crippen LogP contribution in [-0.4, -0.2) is 25.1 Å². The van der Waals surface area contributed by atoms with Crippen molar-refractivity contribution in [2.45, 2.75) is 45.3 Å². The van der Waals surface area contributed by atoms with Gasteiger partial charge in [0.25, 0.3) is 0 Å². The molecule has 0 saturated heterocycles. The highest BCUT2D eigenvalue weighted by molar-refractivity contribution is 5.32. The van der Waals surface area contributed by atoms with Crippen molar-refractivity contribution < 1.29 is 0 Å². The number of rotatable bonds is 5. The smallest absolute Gasteiger partial charge is 0.203 e. The van der Waals surface area contributed by atoms with Crippen LogP contribution in [-0.2, 0) is 6.54 Å². The minimum atomic E-state index is 0.363. The first-order valence-electron chi connectivity index (χ1n) is 6.50. The molecule has 0 radical (unpaired) electrons. The average Bonchev–Trinajstić information content (AvgIpc) is 2.85. The molecule has 0 amide bonds. The Kier molecular flexibility index (Phi) is 2.81. The van der Waals surface area contributed by atoms with Crippen LogP contribution < -0.4 is 5.32 Å². The SMILES string of the molecule is Cc1cn(C(C)Cn2ccnc2)c(NC2CC2)n1. The molecule has 0 bridgehead atoms. The first kappa shape index (κ1) is 11.3. The van der Waals surface area contributed by atoms with Gasteiger partial charge in [0.2, 0.25) is 5.95 Å². The van der Waals surface area contributed by atoms with E-state index in [4.69, 9.17) is 0 Å². The van der Waals surface area contributed by atoms with Crippen molar-refractivity contribution in [1.29, 1.82) is 0 Å². The van der Waals surface area contributed by atoms with E-state index >= 15 is 0 Å². The molecule has 1 aliphatic carbocycles. The van der Waals surface area contributed by atoms with Gasteiger partial charge >= 0.3 is 0 Å². The highest BCUT2D eigenvalue weighted by Gasteiger charge is 2.24. The Morgan fingerprint density at radius 1 is 1.50 bits per heavy atom. The molecule has 0 aromatic carbocycles. The zero-order valence-corrected chi connectivity index (χ0v) is 10.9. The molecule has 2 heterocycles. The van der Waals surface area contributed by atoms with E-state index in [0.29, 0.717) is 12.1 Å². The summed E-state index contributed by atoms with van der Waals surface area (Å²) in [5, 5.41) is 3.49. The molecule has 0 aliphatic heterocycles. The fourth-order valence-electron chi connectivity index (χ4n) is 2.16. The lowest BCUT2D eigenvalue weighted by molar-refractivity contribution is 0.467. The van der Waals surface area contributed by atoms with Crippen LogP contribution in [0, 0.1) is 6.92 Å². The number of aromatic nitrogens is 4. The zero-order valence-electron chi connectivity index (χ0n) is 10.9. The minimum absolute atomic E-state index is 0.363. The second-order valence-electron chi connectivity index (χ2n) is 5.14. The van der Waals surface area contributed by atoms with E-state index < -0.39 is 0 Å². The van der Waals surface area contributed by atoms with Gasteiger partial charge in [0.05, 0.1) is 18.1 Å². The normalized spacial score (nSPS) is 16.8. The predicted octanol–water partition coefficient (Wildman–Crippen LogP) is 2.22. The lowest BCUT2D eigenvalue weighted by atomic mass is 10.3. The van der Waals surface area contributed by atoms with Gasteiger partial charge in [-0.3, -0.25) is 0 Å². The second-order valence-corrected chi connectivity index (χ2v) is 5.14. The van der Waals surface area contributed by atoms with E-state index in [1.54, 1.807) is 0 Å². The van der Waals surface area contributed by atoms with E-state index in [2.05, 4.69) is 37.5 Å². The molecular formula is C13H19N5. The minimum Gasteiger partial charge on any atom is -0.353 e. The fourth-order valence-corrected chi connectivity index (χ4v) is 2.16. The van der Waals surface area contributed by atoms with Crippen molar-refractivity contribution in [2.24, 2.45) is 0 Å². The quantitative estimate of drug-likeness (QED) is 0.878. The predicted molar refractivity (Wildman–Crippen MR) is 70.5 cm³/mol. The van der Waals surface area contributed by atoms with Gasteiger partial charge in [-0.2, -0.15) is 0 Å². The summed E-state index contributed by atoms with van der Waals surface area (Å²) < 4.78 is 4.33. The molecule has 3 rings (SSSR count). The van der Waals surface area contributed by atoms with Crippen LogP contribution in [0.4, 0.5) is 5.95 Å². The van der Waals surface area contributed by atoms with Crippen molar-refractivity contribution in [1.82, 2.24) is 19.1 Å². The summed E-state index contributed by atoms with van der Waals surface area (Å²) in [6.07, 6.45) is 10.3. The maximum Gasteiger partial charge on any atom is 0.203 e. The van der Waals surface area contributed by atoms with Crippen LogP contribution in [0.1, 0.15) is 31.5 Å². The molecular weight excluding hydrogens is 226 g/mol. The first-order chi connectivity index (χ1) is 8.72. The lowest BCUT2D eigenvalue weighted by Crippen LogP contribution is -2.15. The summed E-state index contributed by atoms with van der Waals surface area (Å²) in [4.78, 5) is 8.65. The molecule has 1 fully saturated rings. The maximum atomic E-state index is 4.57. The van der Waals surface area contributed by atoms with Crippen molar-refractivity contribution in [3.8, 4) is 0 Å². The molecule has 0 spiro atoms. The Balaban J connectivity index is 1.76. The first-order valence-corrected chi connectivity index (χ1v) is 6.50. The maximum absolute atomic E-state index is 4.57. The van der Waals surface area contributed by atoms with E-state index in [1.165, 1.54) is 12.8 Å². The average molecular weight is 245 g/mol. The van der Waals surface area contributed by atoms with E-state index in [0.717, 1.165) is 18.2 Å². The molecule has 96 valence electrons. The fraction of sp³-hybridized carbons (Fsp3) is 0.538. The van der Waals surface area contributed by atoms with Crippen molar-refractivity contribution in [2.75, 3.05) is 5.32 Å². The number of nitrogens with zero attached hydrogens (tertiary/aromatic N) is 4. The van der Waals surface area contributed by atoms with Gasteiger partial charge in [0.1, 0.15) is 0 Å². The molecule has 1 aliphatic rings. The van der Waals surface area contributed by atoms with Crippen molar-refractivity contribution in [3.05, 3.63) is 30.6 Å². The van der Waals surface area contributed by atoms with Gasteiger partial charge in [0.15, 0.2) is 0 Å². The molecule has 2 aromatic heterocycles. The Labute approximate surface area is 107 Å². The van der Waals surface area contributed by atoms with Gasteiger partial charge in [-0.15, -0.1) is 0 Å².